The fourth-order valence-electron chi connectivity index (χ4n) is 1.70. The smallest absolute Gasteiger partial charge is 0.0713 e. The van der Waals surface area contributed by atoms with Crippen molar-refractivity contribution < 1.29 is 4.74 Å². The molecule has 15 heavy (non-hydrogen) atoms. The first-order valence-electron chi connectivity index (χ1n) is 4.91. The average molecular weight is 202 g/mol. The van der Waals surface area contributed by atoms with Crippen molar-refractivity contribution >= 4 is 10.8 Å². The lowest BCUT2D eigenvalue weighted by Crippen LogP contribution is -2.17. The molecule has 0 amide bonds. The van der Waals surface area contributed by atoms with Gasteiger partial charge in [-0.2, -0.15) is 0 Å². The number of methoxy groups -OCH3 is 1. The number of nitrogens with zero attached hydrogens (tertiary/aromatic N) is 1. The largest absolute Gasteiger partial charge is 0.383 e. The number of pyridine rings is 1. The molecule has 1 heterocycles. The quantitative estimate of drug-likeness (QED) is 0.826. The Morgan fingerprint density at radius 2 is 2.13 bits per heavy atom. The molecule has 1 unspecified atom stereocenters. The second kappa shape index (κ2) is 4.38. The van der Waals surface area contributed by atoms with E-state index in [-0.39, 0.29) is 6.04 Å². The van der Waals surface area contributed by atoms with Crippen LogP contribution in [0.3, 0.4) is 0 Å². The highest BCUT2D eigenvalue weighted by molar-refractivity contribution is 5.84. The van der Waals surface area contributed by atoms with Crippen molar-refractivity contribution in [3.63, 3.8) is 0 Å². The summed E-state index contributed by atoms with van der Waals surface area (Å²) in [5, 5.41) is 2.26. The van der Waals surface area contributed by atoms with Gasteiger partial charge in [0.2, 0.25) is 0 Å². The van der Waals surface area contributed by atoms with Gasteiger partial charge in [-0.3, -0.25) is 4.98 Å². The highest BCUT2D eigenvalue weighted by Gasteiger charge is 2.10. The zero-order chi connectivity index (χ0) is 10.7. The van der Waals surface area contributed by atoms with Crippen LogP contribution >= 0.6 is 0 Å². The first kappa shape index (κ1) is 10.1. The molecule has 0 saturated carbocycles. The third kappa shape index (κ3) is 1.98. The predicted octanol–water partition coefficient (Wildman–Crippen LogP) is 1.88. The Morgan fingerprint density at radius 1 is 1.33 bits per heavy atom. The van der Waals surface area contributed by atoms with E-state index in [1.54, 1.807) is 13.3 Å². The van der Waals surface area contributed by atoms with Gasteiger partial charge in [0.1, 0.15) is 0 Å². The van der Waals surface area contributed by atoms with E-state index >= 15 is 0 Å². The van der Waals surface area contributed by atoms with Crippen LogP contribution in [0.1, 0.15) is 11.7 Å². The average Bonchev–Trinajstić information content (AvgIpc) is 2.28. The molecule has 3 heteroatoms. The molecule has 0 bridgehead atoms. The van der Waals surface area contributed by atoms with Gasteiger partial charge in [0, 0.05) is 18.7 Å². The molecule has 0 saturated heterocycles. The maximum absolute atomic E-state index is 5.98. The van der Waals surface area contributed by atoms with E-state index in [2.05, 4.69) is 11.1 Å². The SMILES string of the molecule is COCC(N)c1nccc2ccccc12. The molecule has 1 atom stereocenters. The number of fused-ring (bicyclic) bond motifs is 1. The fourth-order valence-corrected chi connectivity index (χ4v) is 1.70. The number of benzene rings is 1. The van der Waals surface area contributed by atoms with Gasteiger partial charge < -0.3 is 10.5 Å². The lowest BCUT2D eigenvalue weighted by Gasteiger charge is -2.12. The number of rotatable bonds is 3. The van der Waals surface area contributed by atoms with Crippen LogP contribution in [0.5, 0.6) is 0 Å². The molecule has 1 aromatic carbocycles. The molecule has 0 aliphatic heterocycles. The minimum Gasteiger partial charge on any atom is -0.383 e. The summed E-state index contributed by atoms with van der Waals surface area (Å²) in [5.41, 5.74) is 6.88. The van der Waals surface area contributed by atoms with Crippen LogP contribution in [0.2, 0.25) is 0 Å². The molecular formula is C12H14N2O. The molecule has 0 radical (unpaired) electrons. The van der Waals surface area contributed by atoms with Crippen molar-refractivity contribution in [3.8, 4) is 0 Å². The van der Waals surface area contributed by atoms with E-state index in [0.717, 1.165) is 16.5 Å². The summed E-state index contributed by atoms with van der Waals surface area (Å²) in [4.78, 5) is 4.32. The number of hydrogen-bond acceptors (Lipinski definition) is 3. The van der Waals surface area contributed by atoms with Crippen molar-refractivity contribution in [2.75, 3.05) is 13.7 Å². The number of nitrogens with two attached hydrogens (primary N) is 1. The molecule has 0 aliphatic carbocycles. The van der Waals surface area contributed by atoms with E-state index in [4.69, 9.17) is 10.5 Å². The molecule has 1 aromatic heterocycles. The van der Waals surface area contributed by atoms with Crippen LogP contribution in [0.4, 0.5) is 0 Å². The molecule has 3 nitrogen and oxygen atoms in total. The number of aromatic nitrogens is 1. The summed E-state index contributed by atoms with van der Waals surface area (Å²) in [5.74, 6) is 0. The highest BCUT2D eigenvalue weighted by atomic mass is 16.5. The molecule has 0 aliphatic rings. The monoisotopic (exact) mass is 202 g/mol. The zero-order valence-electron chi connectivity index (χ0n) is 8.68. The zero-order valence-corrected chi connectivity index (χ0v) is 8.68. The second-order valence-electron chi connectivity index (χ2n) is 3.48. The summed E-state index contributed by atoms with van der Waals surface area (Å²) < 4.78 is 5.04. The Labute approximate surface area is 88.9 Å². The summed E-state index contributed by atoms with van der Waals surface area (Å²) >= 11 is 0. The molecule has 0 spiro atoms. The van der Waals surface area contributed by atoms with E-state index in [1.807, 2.05) is 24.3 Å². The van der Waals surface area contributed by atoms with Crippen LogP contribution in [0.25, 0.3) is 10.8 Å². The second-order valence-corrected chi connectivity index (χ2v) is 3.48. The third-order valence-corrected chi connectivity index (χ3v) is 2.40. The fraction of sp³-hybridized carbons (Fsp3) is 0.250. The van der Waals surface area contributed by atoms with Gasteiger partial charge in [0.15, 0.2) is 0 Å². The van der Waals surface area contributed by atoms with Crippen molar-refractivity contribution in [2.45, 2.75) is 6.04 Å². The minimum absolute atomic E-state index is 0.166. The molecule has 0 fully saturated rings. The Balaban J connectivity index is 2.50. The van der Waals surface area contributed by atoms with Gasteiger partial charge in [-0.15, -0.1) is 0 Å². The van der Waals surface area contributed by atoms with Gasteiger partial charge in [-0.25, -0.2) is 0 Å². The van der Waals surface area contributed by atoms with E-state index < -0.39 is 0 Å². The number of ether oxygens (including phenoxy) is 1. The van der Waals surface area contributed by atoms with Gasteiger partial charge in [0.05, 0.1) is 18.3 Å². The Morgan fingerprint density at radius 3 is 2.93 bits per heavy atom. The van der Waals surface area contributed by atoms with Crippen molar-refractivity contribution in [1.29, 1.82) is 0 Å². The first-order valence-corrected chi connectivity index (χ1v) is 4.91. The lowest BCUT2D eigenvalue weighted by molar-refractivity contribution is 0.180. The summed E-state index contributed by atoms with van der Waals surface area (Å²) in [6.45, 7) is 0.487. The van der Waals surface area contributed by atoms with Crippen LogP contribution in [-0.2, 0) is 4.74 Å². The molecule has 2 rings (SSSR count). The molecule has 78 valence electrons. The number of hydrogen-bond donors (Lipinski definition) is 1. The van der Waals surface area contributed by atoms with Crippen molar-refractivity contribution in [1.82, 2.24) is 4.98 Å². The predicted molar refractivity (Wildman–Crippen MR) is 60.5 cm³/mol. The third-order valence-electron chi connectivity index (χ3n) is 2.40. The molecule has 2 N–H and O–H groups in total. The van der Waals surface area contributed by atoms with Crippen LogP contribution < -0.4 is 5.73 Å². The molecular weight excluding hydrogens is 188 g/mol. The maximum Gasteiger partial charge on any atom is 0.0713 e. The lowest BCUT2D eigenvalue weighted by atomic mass is 10.1. The van der Waals surface area contributed by atoms with E-state index in [0.29, 0.717) is 6.61 Å². The Bertz CT molecular complexity index is 451. The first-order chi connectivity index (χ1) is 7.33. The maximum atomic E-state index is 5.98. The summed E-state index contributed by atoms with van der Waals surface area (Å²) in [7, 11) is 1.64. The standard InChI is InChI=1S/C12H14N2O/c1-15-8-11(13)12-10-5-3-2-4-9(10)6-7-14-12/h2-7,11H,8,13H2,1H3. The van der Waals surface area contributed by atoms with E-state index in [9.17, 15) is 0 Å². The van der Waals surface area contributed by atoms with Crippen LogP contribution in [-0.4, -0.2) is 18.7 Å². The van der Waals surface area contributed by atoms with Crippen LogP contribution in [0.15, 0.2) is 36.5 Å². The normalized spacial score (nSPS) is 12.9. The molecule has 2 aromatic rings. The van der Waals surface area contributed by atoms with Gasteiger partial charge in [-0.1, -0.05) is 24.3 Å². The van der Waals surface area contributed by atoms with Crippen molar-refractivity contribution in [3.05, 3.63) is 42.2 Å². The summed E-state index contributed by atoms with van der Waals surface area (Å²) in [6.07, 6.45) is 1.78. The highest BCUT2D eigenvalue weighted by Crippen LogP contribution is 2.20. The topological polar surface area (TPSA) is 48.1 Å². The van der Waals surface area contributed by atoms with Crippen LogP contribution in [0, 0.1) is 0 Å². The van der Waals surface area contributed by atoms with Gasteiger partial charge in [-0.05, 0) is 11.5 Å². The van der Waals surface area contributed by atoms with Gasteiger partial charge in [0.25, 0.3) is 0 Å². The summed E-state index contributed by atoms with van der Waals surface area (Å²) in [6, 6.07) is 9.91. The Hall–Kier alpha value is -1.45. The Kier molecular flexibility index (Phi) is 2.94. The van der Waals surface area contributed by atoms with Gasteiger partial charge >= 0.3 is 0 Å². The van der Waals surface area contributed by atoms with Crippen molar-refractivity contribution in [2.24, 2.45) is 5.73 Å². The minimum atomic E-state index is -0.166. The van der Waals surface area contributed by atoms with E-state index in [1.165, 1.54) is 0 Å².